The number of nitrogens with zero attached hydrogens (tertiary/aromatic N) is 1. The van der Waals surface area contributed by atoms with Gasteiger partial charge in [-0.05, 0) is 40.2 Å². The molecule has 0 bridgehead atoms. The predicted molar refractivity (Wildman–Crippen MR) is 89.0 cm³/mol. The van der Waals surface area contributed by atoms with Crippen LogP contribution in [0.4, 0.5) is 5.82 Å². The van der Waals surface area contributed by atoms with E-state index in [-0.39, 0.29) is 4.21 Å². The van der Waals surface area contributed by atoms with Gasteiger partial charge in [-0.3, -0.25) is 4.72 Å². The maximum Gasteiger partial charge on any atom is 0.272 e. The molecule has 0 aliphatic heterocycles. The maximum atomic E-state index is 12.3. The molecule has 0 amide bonds. The Morgan fingerprint density at radius 1 is 1.29 bits per heavy atom. The Hall–Kier alpha value is -0.960. The first-order chi connectivity index (χ1) is 9.87. The standard InChI is InChI=1S/C13H16BrN3O2S2/c1-9(2)15-8-11-4-6-13(20-11)21(18,19)17-12-5-3-10(14)7-16-12/h3-7,9,15H,8H2,1-2H3,(H,16,17). The van der Waals surface area contributed by atoms with E-state index in [1.54, 1.807) is 24.4 Å². The Bertz CT molecular complexity index is 696. The van der Waals surface area contributed by atoms with Gasteiger partial charge in [-0.1, -0.05) is 13.8 Å². The number of halogens is 1. The van der Waals surface area contributed by atoms with Crippen LogP contribution in [0.3, 0.4) is 0 Å². The summed E-state index contributed by atoms with van der Waals surface area (Å²) in [7, 11) is -3.58. The summed E-state index contributed by atoms with van der Waals surface area (Å²) in [4.78, 5) is 4.99. The molecule has 0 aliphatic rings. The van der Waals surface area contributed by atoms with Gasteiger partial charge in [0.2, 0.25) is 0 Å². The van der Waals surface area contributed by atoms with Crippen molar-refractivity contribution in [2.24, 2.45) is 0 Å². The van der Waals surface area contributed by atoms with Crippen LogP contribution in [-0.2, 0) is 16.6 Å². The zero-order chi connectivity index (χ0) is 15.5. The molecule has 2 aromatic heterocycles. The minimum Gasteiger partial charge on any atom is -0.310 e. The molecule has 0 saturated heterocycles. The first kappa shape index (κ1) is 16.4. The average Bonchev–Trinajstić information content (AvgIpc) is 2.88. The molecule has 0 fully saturated rings. The van der Waals surface area contributed by atoms with Crippen molar-refractivity contribution in [1.82, 2.24) is 10.3 Å². The molecule has 0 aromatic carbocycles. The van der Waals surface area contributed by atoms with Gasteiger partial charge < -0.3 is 5.32 Å². The summed E-state index contributed by atoms with van der Waals surface area (Å²) in [5.74, 6) is 0.299. The van der Waals surface area contributed by atoms with Crippen LogP contribution in [0.5, 0.6) is 0 Å². The largest absolute Gasteiger partial charge is 0.310 e. The zero-order valence-electron chi connectivity index (χ0n) is 11.6. The minimum absolute atomic E-state index is 0.285. The van der Waals surface area contributed by atoms with E-state index in [2.05, 4.69) is 31.0 Å². The van der Waals surface area contributed by atoms with Crippen molar-refractivity contribution < 1.29 is 8.42 Å². The summed E-state index contributed by atoms with van der Waals surface area (Å²) in [5, 5.41) is 3.26. The van der Waals surface area contributed by atoms with Crippen LogP contribution in [0.15, 0.2) is 39.1 Å². The molecule has 8 heteroatoms. The lowest BCUT2D eigenvalue weighted by molar-refractivity contribution is 0.593. The van der Waals surface area contributed by atoms with E-state index in [9.17, 15) is 8.42 Å². The van der Waals surface area contributed by atoms with Crippen molar-refractivity contribution in [2.75, 3.05) is 4.72 Å². The molecular formula is C13H16BrN3O2S2. The van der Waals surface area contributed by atoms with Gasteiger partial charge in [-0.2, -0.15) is 0 Å². The number of aromatic nitrogens is 1. The second kappa shape index (κ2) is 6.87. The second-order valence-corrected chi connectivity index (χ2v) is 8.72. The molecule has 2 heterocycles. The Morgan fingerprint density at radius 2 is 2.05 bits per heavy atom. The fourth-order valence-electron chi connectivity index (χ4n) is 1.53. The highest BCUT2D eigenvalue weighted by atomic mass is 79.9. The van der Waals surface area contributed by atoms with Gasteiger partial charge in [0.15, 0.2) is 0 Å². The molecular weight excluding hydrogens is 374 g/mol. The van der Waals surface area contributed by atoms with Gasteiger partial charge in [0.1, 0.15) is 10.0 Å². The fourth-order valence-corrected chi connectivity index (χ4v) is 4.08. The van der Waals surface area contributed by atoms with Crippen molar-refractivity contribution in [3.05, 3.63) is 39.8 Å². The number of thiophene rings is 1. The molecule has 2 N–H and O–H groups in total. The van der Waals surface area contributed by atoms with E-state index in [0.29, 0.717) is 18.4 Å². The van der Waals surface area contributed by atoms with Crippen molar-refractivity contribution >= 4 is 43.1 Å². The van der Waals surface area contributed by atoms with E-state index in [0.717, 1.165) is 9.35 Å². The van der Waals surface area contributed by atoms with E-state index < -0.39 is 10.0 Å². The van der Waals surface area contributed by atoms with Gasteiger partial charge in [-0.15, -0.1) is 11.3 Å². The number of pyridine rings is 1. The van der Waals surface area contributed by atoms with Crippen LogP contribution in [-0.4, -0.2) is 19.4 Å². The van der Waals surface area contributed by atoms with Crippen LogP contribution < -0.4 is 10.0 Å². The lowest BCUT2D eigenvalue weighted by Gasteiger charge is -2.06. The number of hydrogen-bond acceptors (Lipinski definition) is 5. The third-order valence-corrected chi connectivity index (χ3v) is 5.95. The summed E-state index contributed by atoms with van der Waals surface area (Å²) in [6.45, 7) is 4.76. The molecule has 5 nitrogen and oxygen atoms in total. The normalized spacial score (nSPS) is 11.8. The summed E-state index contributed by atoms with van der Waals surface area (Å²) in [5.41, 5.74) is 0. The molecule has 114 valence electrons. The van der Waals surface area contributed by atoms with Gasteiger partial charge in [0, 0.05) is 28.1 Å². The van der Waals surface area contributed by atoms with Gasteiger partial charge in [0.25, 0.3) is 10.0 Å². The Balaban J connectivity index is 2.10. The van der Waals surface area contributed by atoms with E-state index in [1.165, 1.54) is 11.3 Å². The predicted octanol–water partition coefficient (Wildman–Crippen LogP) is 3.20. The molecule has 0 saturated carbocycles. The molecule has 2 aromatic rings. The molecule has 2 rings (SSSR count). The highest BCUT2D eigenvalue weighted by Gasteiger charge is 2.17. The van der Waals surface area contributed by atoms with Crippen LogP contribution in [0.2, 0.25) is 0 Å². The second-order valence-electron chi connectivity index (χ2n) is 4.72. The van der Waals surface area contributed by atoms with Crippen LogP contribution >= 0.6 is 27.3 Å². The number of nitrogens with one attached hydrogen (secondary N) is 2. The van der Waals surface area contributed by atoms with Gasteiger partial charge in [-0.25, -0.2) is 13.4 Å². The van der Waals surface area contributed by atoms with E-state index in [1.807, 2.05) is 19.9 Å². The molecule has 0 unspecified atom stereocenters. The van der Waals surface area contributed by atoms with Crippen LogP contribution in [0.1, 0.15) is 18.7 Å². The lowest BCUT2D eigenvalue weighted by atomic mass is 10.4. The molecule has 0 radical (unpaired) electrons. The molecule has 0 aliphatic carbocycles. The Morgan fingerprint density at radius 3 is 2.67 bits per heavy atom. The zero-order valence-corrected chi connectivity index (χ0v) is 14.8. The monoisotopic (exact) mass is 389 g/mol. The summed E-state index contributed by atoms with van der Waals surface area (Å²) in [6, 6.07) is 7.14. The third kappa shape index (κ3) is 4.77. The smallest absolute Gasteiger partial charge is 0.272 e. The minimum atomic E-state index is -3.58. The van der Waals surface area contributed by atoms with Gasteiger partial charge >= 0.3 is 0 Å². The molecule has 0 spiro atoms. The highest BCUT2D eigenvalue weighted by molar-refractivity contribution is 9.10. The van der Waals surface area contributed by atoms with Crippen molar-refractivity contribution in [3.63, 3.8) is 0 Å². The SMILES string of the molecule is CC(C)NCc1ccc(S(=O)(=O)Nc2ccc(Br)cn2)s1. The summed E-state index contributed by atoms with van der Waals surface area (Å²) >= 11 is 4.51. The summed E-state index contributed by atoms with van der Waals surface area (Å²) < 4.78 is 28.1. The molecule has 0 atom stereocenters. The highest BCUT2D eigenvalue weighted by Crippen LogP contribution is 2.24. The number of anilines is 1. The maximum absolute atomic E-state index is 12.3. The number of sulfonamides is 1. The first-order valence-electron chi connectivity index (χ1n) is 6.33. The van der Waals surface area contributed by atoms with E-state index in [4.69, 9.17) is 0 Å². The van der Waals surface area contributed by atoms with Crippen molar-refractivity contribution in [3.8, 4) is 0 Å². The fraction of sp³-hybridized carbons (Fsp3) is 0.308. The molecule has 21 heavy (non-hydrogen) atoms. The number of hydrogen-bond donors (Lipinski definition) is 2. The van der Waals surface area contributed by atoms with Crippen molar-refractivity contribution in [2.45, 2.75) is 30.6 Å². The topological polar surface area (TPSA) is 71.1 Å². The van der Waals surface area contributed by atoms with Crippen molar-refractivity contribution in [1.29, 1.82) is 0 Å². The Labute approximate surface area is 137 Å². The first-order valence-corrected chi connectivity index (χ1v) is 9.42. The lowest BCUT2D eigenvalue weighted by Crippen LogP contribution is -2.21. The third-order valence-electron chi connectivity index (χ3n) is 2.55. The summed E-state index contributed by atoms with van der Waals surface area (Å²) in [6.07, 6.45) is 1.55. The van der Waals surface area contributed by atoms with Crippen LogP contribution in [0.25, 0.3) is 0 Å². The number of rotatable bonds is 6. The Kier molecular flexibility index (Phi) is 5.37. The van der Waals surface area contributed by atoms with Crippen LogP contribution in [0, 0.1) is 0 Å². The van der Waals surface area contributed by atoms with Gasteiger partial charge in [0.05, 0.1) is 0 Å². The quantitative estimate of drug-likeness (QED) is 0.795. The average molecular weight is 390 g/mol. The van der Waals surface area contributed by atoms with E-state index >= 15 is 0 Å².